The first-order chi connectivity index (χ1) is 17.0. The summed E-state index contributed by atoms with van der Waals surface area (Å²) in [6.07, 6.45) is -0.591. The molecule has 4 rings (SSSR count). The summed E-state index contributed by atoms with van der Waals surface area (Å²) in [6.45, 7) is 0.794. The number of rotatable bonds is 10. The van der Waals surface area contributed by atoms with Gasteiger partial charge in [-0.15, -0.1) is 0 Å². The van der Waals surface area contributed by atoms with Crippen molar-refractivity contribution in [2.75, 3.05) is 34.9 Å². The smallest absolute Gasteiger partial charge is 0.161 e. The van der Waals surface area contributed by atoms with E-state index in [0.29, 0.717) is 19.6 Å². The topological polar surface area (TPSA) is 82.0 Å². The maximum atomic E-state index is 9.76. The molecule has 1 saturated heterocycles. The fourth-order valence-corrected chi connectivity index (χ4v) is 5.34. The van der Waals surface area contributed by atoms with Crippen LogP contribution in [-0.2, 0) is 27.4 Å². The van der Waals surface area contributed by atoms with Crippen LogP contribution in [0.1, 0.15) is 17.5 Å². The second-order valence-corrected chi connectivity index (χ2v) is 9.78. The van der Waals surface area contributed by atoms with Gasteiger partial charge in [-0.25, -0.2) is 0 Å². The van der Waals surface area contributed by atoms with Crippen LogP contribution in [0.3, 0.4) is 0 Å². The molecule has 0 aromatic heterocycles. The van der Waals surface area contributed by atoms with E-state index in [1.807, 2.05) is 67.5 Å². The largest absolute Gasteiger partial charge is 0.497 e. The summed E-state index contributed by atoms with van der Waals surface area (Å²) in [5.74, 6) is 1.60. The molecular formula is C26H34N2O6S. The number of nitrogens with zero attached hydrogens (tertiary/aromatic N) is 2. The van der Waals surface area contributed by atoms with E-state index in [9.17, 15) is 5.11 Å². The Kier molecular flexibility index (Phi) is 8.91. The van der Waals surface area contributed by atoms with Gasteiger partial charge in [-0.05, 0) is 41.8 Å². The van der Waals surface area contributed by atoms with E-state index >= 15 is 0 Å². The number of hydrogen-bond acceptors (Lipinski definition) is 9. The Morgan fingerprint density at radius 2 is 1.43 bits per heavy atom. The number of ether oxygens (including phenoxy) is 5. The summed E-state index contributed by atoms with van der Waals surface area (Å²) in [5.41, 5.74) is 1.86. The number of aliphatic imine (C=N–C) groups is 1. The Morgan fingerprint density at radius 1 is 0.886 bits per heavy atom. The second kappa shape index (κ2) is 12.1. The maximum absolute atomic E-state index is 9.76. The van der Waals surface area contributed by atoms with Crippen molar-refractivity contribution in [3.63, 3.8) is 0 Å². The monoisotopic (exact) mass is 502 g/mol. The molecule has 9 heteroatoms. The molecule has 5 atom stereocenters. The fourth-order valence-electron chi connectivity index (χ4n) is 4.19. The van der Waals surface area contributed by atoms with E-state index in [1.54, 1.807) is 26.0 Å². The molecule has 0 bridgehead atoms. The van der Waals surface area contributed by atoms with Gasteiger partial charge in [0.1, 0.15) is 35.2 Å². The van der Waals surface area contributed by atoms with E-state index < -0.39 is 6.10 Å². The highest BCUT2D eigenvalue weighted by molar-refractivity contribution is 8.14. The van der Waals surface area contributed by atoms with Crippen molar-refractivity contribution >= 4 is 16.9 Å². The van der Waals surface area contributed by atoms with E-state index in [2.05, 4.69) is 0 Å². The Morgan fingerprint density at radius 3 is 1.91 bits per heavy atom. The van der Waals surface area contributed by atoms with Crippen molar-refractivity contribution in [1.29, 1.82) is 0 Å². The summed E-state index contributed by atoms with van der Waals surface area (Å²) in [4.78, 5) is 6.92. The molecule has 190 valence electrons. The highest BCUT2D eigenvalue weighted by Gasteiger charge is 2.50. The van der Waals surface area contributed by atoms with Crippen molar-refractivity contribution in [3.05, 3.63) is 59.7 Å². The molecule has 2 heterocycles. The van der Waals surface area contributed by atoms with Gasteiger partial charge in [0.15, 0.2) is 5.17 Å². The quantitative estimate of drug-likeness (QED) is 0.530. The van der Waals surface area contributed by atoms with Crippen LogP contribution in [0.5, 0.6) is 11.5 Å². The number of thioether (sulfide) groups is 1. The maximum Gasteiger partial charge on any atom is 0.161 e. The van der Waals surface area contributed by atoms with Crippen LogP contribution in [0.4, 0.5) is 0 Å². The van der Waals surface area contributed by atoms with Gasteiger partial charge in [-0.1, -0.05) is 36.0 Å². The summed E-state index contributed by atoms with van der Waals surface area (Å²) in [6, 6.07) is 15.4. The summed E-state index contributed by atoms with van der Waals surface area (Å²) in [7, 11) is 7.24. The van der Waals surface area contributed by atoms with Gasteiger partial charge < -0.3 is 33.7 Å². The molecule has 0 unspecified atom stereocenters. The lowest BCUT2D eigenvalue weighted by molar-refractivity contribution is -0.200. The van der Waals surface area contributed by atoms with Crippen LogP contribution in [0.2, 0.25) is 0 Å². The first-order valence-corrected chi connectivity index (χ1v) is 12.6. The predicted molar refractivity (Wildman–Crippen MR) is 136 cm³/mol. The number of aliphatic hydroxyl groups is 1. The number of fused-ring (bicyclic) bond motifs is 1. The number of benzene rings is 2. The molecule has 35 heavy (non-hydrogen) atoms. The Labute approximate surface area is 211 Å². The Balaban J connectivity index is 1.55. The van der Waals surface area contributed by atoms with Crippen LogP contribution in [0, 0.1) is 0 Å². The number of aliphatic hydroxyl groups excluding tert-OH is 1. The molecule has 8 nitrogen and oxygen atoms in total. The van der Waals surface area contributed by atoms with Crippen LogP contribution in [0.25, 0.3) is 0 Å². The molecular weight excluding hydrogens is 468 g/mol. The molecule has 2 aliphatic heterocycles. The Hall–Kier alpha value is -2.30. The van der Waals surface area contributed by atoms with Gasteiger partial charge in [-0.3, -0.25) is 4.99 Å². The van der Waals surface area contributed by atoms with E-state index in [-0.39, 0.29) is 30.3 Å². The van der Waals surface area contributed by atoms with E-state index in [1.165, 1.54) is 0 Å². The normalized spacial score (nSPS) is 25.6. The van der Waals surface area contributed by atoms with Gasteiger partial charge in [0.2, 0.25) is 0 Å². The highest BCUT2D eigenvalue weighted by Crippen LogP contribution is 2.40. The second-order valence-electron chi connectivity index (χ2n) is 8.72. The number of hydrogen-bond donors (Lipinski definition) is 1. The third kappa shape index (κ3) is 6.29. The Bertz CT molecular complexity index is 969. The lowest BCUT2D eigenvalue weighted by Gasteiger charge is -2.42. The molecule has 0 spiro atoms. The SMILES string of the molecule is COc1ccc(CO[C@@H]2[C@H]3N=C(N(C)C)S[C@H]3O[C@H](CCO)[C@@H]2OCc2ccc(OC)cc2)cc1. The van der Waals surface area contributed by atoms with Gasteiger partial charge in [0, 0.05) is 20.7 Å². The highest BCUT2D eigenvalue weighted by atomic mass is 32.2. The zero-order valence-corrected chi connectivity index (χ0v) is 21.4. The van der Waals surface area contributed by atoms with Crippen LogP contribution < -0.4 is 9.47 Å². The third-order valence-corrected chi connectivity index (χ3v) is 7.40. The van der Waals surface area contributed by atoms with Crippen molar-refractivity contribution in [1.82, 2.24) is 4.90 Å². The van der Waals surface area contributed by atoms with Crippen molar-refractivity contribution < 1.29 is 28.8 Å². The molecule has 1 fully saturated rings. The van der Waals surface area contributed by atoms with Crippen molar-refractivity contribution in [3.8, 4) is 11.5 Å². The standard InChI is InChI=1S/C26H34N2O6S/c1-28(2)26-27-22-24(33-16-18-7-11-20(31-4)12-8-18)23(21(13-14-29)34-25(22)35-26)32-15-17-5-9-19(30-3)10-6-17/h5-12,21-25,29H,13-16H2,1-4H3/t21-,22-,23+,24-,25-/m1/s1. The molecule has 0 saturated carbocycles. The molecule has 2 aliphatic rings. The van der Waals surface area contributed by atoms with Gasteiger partial charge in [-0.2, -0.15) is 0 Å². The van der Waals surface area contributed by atoms with Crippen LogP contribution in [-0.4, -0.2) is 79.9 Å². The predicted octanol–water partition coefficient (Wildman–Crippen LogP) is 3.31. The zero-order chi connectivity index (χ0) is 24.8. The summed E-state index contributed by atoms with van der Waals surface area (Å²) < 4.78 is 29.9. The lowest BCUT2D eigenvalue weighted by Crippen LogP contribution is -2.57. The van der Waals surface area contributed by atoms with Gasteiger partial charge in [0.05, 0.1) is 33.5 Å². The van der Waals surface area contributed by atoms with E-state index in [0.717, 1.165) is 27.8 Å². The third-order valence-electron chi connectivity index (χ3n) is 6.09. The minimum atomic E-state index is -0.394. The number of amidine groups is 1. The van der Waals surface area contributed by atoms with Crippen molar-refractivity contribution in [2.24, 2.45) is 4.99 Å². The molecule has 0 aliphatic carbocycles. The lowest BCUT2D eigenvalue weighted by atomic mass is 9.95. The molecule has 2 aromatic carbocycles. The molecule has 2 aromatic rings. The first-order valence-electron chi connectivity index (χ1n) is 11.7. The minimum absolute atomic E-state index is 0.00170. The average molecular weight is 503 g/mol. The van der Waals surface area contributed by atoms with Crippen LogP contribution in [0.15, 0.2) is 53.5 Å². The average Bonchev–Trinajstić information content (AvgIpc) is 3.31. The summed E-state index contributed by atoms with van der Waals surface area (Å²) in [5, 5.41) is 10.7. The molecule has 0 radical (unpaired) electrons. The molecule has 1 N–H and O–H groups in total. The van der Waals surface area contributed by atoms with Crippen molar-refractivity contribution in [2.45, 2.75) is 49.4 Å². The van der Waals surface area contributed by atoms with Crippen LogP contribution >= 0.6 is 11.8 Å². The molecule has 0 amide bonds. The van der Waals surface area contributed by atoms with E-state index in [4.69, 9.17) is 28.7 Å². The zero-order valence-electron chi connectivity index (χ0n) is 20.6. The minimum Gasteiger partial charge on any atom is -0.497 e. The van der Waals surface area contributed by atoms with Gasteiger partial charge in [0.25, 0.3) is 0 Å². The first kappa shape index (κ1) is 25.8. The summed E-state index contributed by atoms with van der Waals surface area (Å²) >= 11 is 1.59. The van der Waals surface area contributed by atoms with Gasteiger partial charge >= 0.3 is 0 Å². The fraction of sp³-hybridized carbons (Fsp3) is 0.500. The number of methoxy groups -OCH3 is 2.